The maximum absolute atomic E-state index is 12.3. The summed E-state index contributed by atoms with van der Waals surface area (Å²) in [7, 11) is 1.48. The number of nitro groups is 1. The van der Waals surface area contributed by atoms with Crippen molar-refractivity contribution in [2.45, 2.75) is 0 Å². The molecule has 2 rings (SSSR count). The molecule has 2 aromatic rings. The lowest BCUT2D eigenvalue weighted by atomic mass is 10.1. The molecule has 0 aliphatic carbocycles. The standard InChI is InChI=1S/C15H13N3O4/c1-16-14(19)10-6-2-4-8-12(10)17-15(20)11-7-3-5-9-13(11)18(21)22/h2-9H,1H3,(H,16,19)(H,17,20). The van der Waals surface area contributed by atoms with Crippen molar-refractivity contribution >= 4 is 23.2 Å². The maximum atomic E-state index is 12.3. The third-order valence-electron chi connectivity index (χ3n) is 2.99. The smallest absolute Gasteiger partial charge is 0.282 e. The number of carbonyl (C=O) groups is 2. The summed E-state index contributed by atoms with van der Waals surface area (Å²) in [4.78, 5) is 34.3. The van der Waals surface area contributed by atoms with E-state index in [1.165, 1.54) is 31.3 Å². The van der Waals surface area contributed by atoms with Gasteiger partial charge in [-0.1, -0.05) is 24.3 Å². The molecule has 2 aromatic carbocycles. The number of carbonyl (C=O) groups excluding carboxylic acids is 2. The summed E-state index contributed by atoms with van der Waals surface area (Å²) >= 11 is 0. The van der Waals surface area contributed by atoms with Gasteiger partial charge in [-0.3, -0.25) is 19.7 Å². The molecule has 0 saturated carbocycles. The topological polar surface area (TPSA) is 101 Å². The predicted molar refractivity (Wildman–Crippen MR) is 80.9 cm³/mol. The summed E-state index contributed by atoms with van der Waals surface area (Å²) in [6, 6.07) is 12.0. The van der Waals surface area contributed by atoms with E-state index in [0.29, 0.717) is 0 Å². The molecule has 0 radical (unpaired) electrons. The lowest BCUT2D eigenvalue weighted by molar-refractivity contribution is -0.385. The Kier molecular flexibility index (Phi) is 4.47. The normalized spacial score (nSPS) is 9.86. The van der Waals surface area contributed by atoms with Gasteiger partial charge in [0.05, 0.1) is 16.2 Å². The number of nitrogens with one attached hydrogen (secondary N) is 2. The van der Waals surface area contributed by atoms with Crippen LogP contribution >= 0.6 is 0 Å². The second kappa shape index (κ2) is 6.49. The first-order valence-corrected chi connectivity index (χ1v) is 6.40. The zero-order valence-corrected chi connectivity index (χ0v) is 11.7. The van der Waals surface area contributed by atoms with Crippen LogP contribution in [-0.2, 0) is 0 Å². The van der Waals surface area contributed by atoms with Crippen LogP contribution in [0.4, 0.5) is 11.4 Å². The van der Waals surface area contributed by atoms with Gasteiger partial charge in [-0.05, 0) is 18.2 Å². The number of hydrogen-bond acceptors (Lipinski definition) is 4. The van der Waals surface area contributed by atoms with Gasteiger partial charge >= 0.3 is 0 Å². The number of anilines is 1. The summed E-state index contributed by atoms with van der Waals surface area (Å²) in [6.45, 7) is 0. The van der Waals surface area contributed by atoms with E-state index < -0.39 is 10.8 Å². The molecule has 0 aromatic heterocycles. The van der Waals surface area contributed by atoms with Gasteiger partial charge in [0.2, 0.25) is 0 Å². The number of para-hydroxylation sites is 2. The molecule has 0 bridgehead atoms. The van der Waals surface area contributed by atoms with E-state index in [2.05, 4.69) is 10.6 Å². The van der Waals surface area contributed by atoms with Gasteiger partial charge in [0.1, 0.15) is 5.56 Å². The van der Waals surface area contributed by atoms with Crippen molar-refractivity contribution in [2.75, 3.05) is 12.4 Å². The van der Waals surface area contributed by atoms with Crippen LogP contribution in [0.5, 0.6) is 0 Å². The molecule has 0 spiro atoms. The average molecular weight is 299 g/mol. The van der Waals surface area contributed by atoms with Crippen molar-refractivity contribution < 1.29 is 14.5 Å². The molecule has 112 valence electrons. The van der Waals surface area contributed by atoms with Crippen molar-refractivity contribution in [3.05, 3.63) is 69.8 Å². The Morgan fingerprint density at radius 2 is 1.55 bits per heavy atom. The third-order valence-corrected chi connectivity index (χ3v) is 2.99. The van der Waals surface area contributed by atoms with Crippen LogP contribution in [0.3, 0.4) is 0 Å². The summed E-state index contributed by atoms with van der Waals surface area (Å²) in [5, 5.41) is 16.0. The quantitative estimate of drug-likeness (QED) is 0.667. The van der Waals surface area contributed by atoms with Crippen molar-refractivity contribution in [3.8, 4) is 0 Å². The van der Waals surface area contributed by atoms with Crippen LogP contribution in [-0.4, -0.2) is 23.8 Å². The molecule has 7 nitrogen and oxygen atoms in total. The molecule has 0 saturated heterocycles. The number of amides is 2. The Morgan fingerprint density at radius 1 is 0.955 bits per heavy atom. The van der Waals surface area contributed by atoms with E-state index in [-0.39, 0.29) is 28.4 Å². The van der Waals surface area contributed by atoms with E-state index in [9.17, 15) is 19.7 Å². The fourth-order valence-corrected chi connectivity index (χ4v) is 1.94. The average Bonchev–Trinajstić information content (AvgIpc) is 2.54. The highest BCUT2D eigenvalue weighted by Crippen LogP contribution is 2.21. The first kappa shape index (κ1) is 15.2. The Bertz CT molecular complexity index is 743. The molecular formula is C15H13N3O4. The lowest BCUT2D eigenvalue weighted by Gasteiger charge is -2.10. The van der Waals surface area contributed by atoms with Crippen molar-refractivity contribution in [1.82, 2.24) is 5.32 Å². The van der Waals surface area contributed by atoms with Gasteiger partial charge in [0.15, 0.2) is 0 Å². The van der Waals surface area contributed by atoms with Gasteiger partial charge in [0, 0.05) is 13.1 Å². The largest absolute Gasteiger partial charge is 0.355 e. The van der Waals surface area contributed by atoms with E-state index in [1.807, 2.05) is 0 Å². The highest BCUT2D eigenvalue weighted by atomic mass is 16.6. The van der Waals surface area contributed by atoms with Crippen LogP contribution in [0.2, 0.25) is 0 Å². The second-order valence-electron chi connectivity index (χ2n) is 4.35. The number of nitro benzene ring substituents is 1. The zero-order valence-electron chi connectivity index (χ0n) is 11.7. The van der Waals surface area contributed by atoms with Crippen LogP contribution < -0.4 is 10.6 Å². The van der Waals surface area contributed by atoms with Crippen LogP contribution in [0, 0.1) is 10.1 Å². The molecule has 0 atom stereocenters. The highest BCUT2D eigenvalue weighted by Gasteiger charge is 2.20. The molecule has 0 aliphatic rings. The van der Waals surface area contributed by atoms with Crippen molar-refractivity contribution in [1.29, 1.82) is 0 Å². The molecule has 2 N–H and O–H groups in total. The highest BCUT2D eigenvalue weighted by molar-refractivity contribution is 6.10. The van der Waals surface area contributed by atoms with E-state index in [1.54, 1.807) is 24.3 Å². The predicted octanol–water partition coefficient (Wildman–Crippen LogP) is 2.21. The Labute approximate surface area is 126 Å². The van der Waals surface area contributed by atoms with Gasteiger partial charge in [0.25, 0.3) is 17.5 Å². The summed E-state index contributed by atoms with van der Waals surface area (Å²) in [6.07, 6.45) is 0. The van der Waals surface area contributed by atoms with Crippen molar-refractivity contribution in [2.24, 2.45) is 0 Å². The zero-order chi connectivity index (χ0) is 16.1. The third kappa shape index (κ3) is 3.09. The molecule has 2 amide bonds. The fourth-order valence-electron chi connectivity index (χ4n) is 1.94. The van der Waals surface area contributed by atoms with Gasteiger partial charge in [-0.15, -0.1) is 0 Å². The SMILES string of the molecule is CNC(=O)c1ccccc1NC(=O)c1ccccc1[N+](=O)[O-]. The lowest BCUT2D eigenvalue weighted by Crippen LogP contribution is -2.21. The Hall–Kier alpha value is -3.22. The summed E-state index contributed by atoms with van der Waals surface area (Å²) in [5.41, 5.74) is 0.193. The van der Waals surface area contributed by atoms with Crippen LogP contribution in [0.1, 0.15) is 20.7 Å². The number of benzene rings is 2. The molecular weight excluding hydrogens is 286 g/mol. The summed E-state index contributed by atoms with van der Waals surface area (Å²) < 4.78 is 0. The molecule has 0 unspecified atom stereocenters. The minimum atomic E-state index is -0.649. The monoisotopic (exact) mass is 299 g/mol. The van der Waals surface area contributed by atoms with E-state index in [0.717, 1.165) is 0 Å². The van der Waals surface area contributed by atoms with Crippen molar-refractivity contribution in [3.63, 3.8) is 0 Å². The van der Waals surface area contributed by atoms with Gasteiger partial charge < -0.3 is 10.6 Å². The minimum Gasteiger partial charge on any atom is -0.355 e. The van der Waals surface area contributed by atoms with Gasteiger partial charge in [-0.2, -0.15) is 0 Å². The van der Waals surface area contributed by atoms with E-state index >= 15 is 0 Å². The first-order valence-electron chi connectivity index (χ1n) is 6.40. The molecule has 22 heavy (non-hydrogen) atoms. The maximum Gasteiger partial charge on any atom is 0.282 e. The van der Waals surface area contributed by atoms with Gasteiger partial charge in [-0.25, -0.2) is 0 Å². The fraction of sp³-hybridized carbons (Fsp3) is 0.0667. The van der Waals surface area contributed by atoms with Crippen LogP contribution in [0.25, 0.3) is 0 Å². The number of hydrogen-bond donors (Lipinski definition) is 2. The number of rotatable bonds is 4. The summed E-state index contributed by atoms with van der Waals surface area (Å²) in [5.74, 6) is -1.01. The minimum absolute atomic E-state index is 0.0702. The second-order valence-corrected chi connectivity index (χ2v) is 4.35. The Balaban J connectivity index is 2.35. The Morgan fingerprint density at radius 3 is 2.18 bits per heavy atom. The first-order chi connectivity index (χ1) is 10.5. The van der Waals surface area contributed by atoms with E-state index in [4.69, 9.17) is 0 Å². The number of nitrogens with zero attached hydrogens (tertiary/aromatic N) is 1. The molecule has 0 fully saturated rings. The molecule has 0 heterocycles. The molecule has 7 heteroatoms. The van der Waals surface area contributed by atoms with Crippen LogP contribution in [0.15, 0.2) is 48.5 Å². The molecule has 0 aliphatic heterocycles.